The Hall–Kier alpha value is -2.75. The lowest BCUT2D eigenvalue weighted by atomic mass is 9.96. The summed E-state index contributed by atoms with van der Waals surface area (Å²) in [5, 5.41) is 0. The van der Waals surface area contributed by atoms with Crippen LogP contribution >= 0.6 is 0 Å². The largest absolute Gasteiger partial charge is 0.361 e. The Labute approximate surface area is 141 Å². The maximum Gasteiger partial charge on any atom is 0.202 e. The first-order valence-electron chi connectivity index (χ1n) is 8.57. The number of aromatic nitrogens is 2. The van der Waals surface area contributed by atoms with E-state index in [1.807, 2.05) is 12.4 Å². The highest BCUT2D eigenvalue weighted by Crippen LogP contribution is 2.39. The van der Waals surface area contributed by atoms with Crippen LogP contribution in [0.2, 0.25) is 0 Å². The van der Waals surface area contributed by atoms with E-state index >= 15 is 0 Å². The van der Waals surface area contributed by atoms with Crippen LogP contribution in [0.1, 0.15) is 22.7 Å². The molecular weight excluding hydrogens is 296 g/mol. The number of hydrogen-bond acceptors (Lipinski definition) is 3. The van der Waals surface area contributed by atoms with Crippen molar-refractivity contribution in [3.8, 4) is 0 Å². The fourth-order valence-electron chi connectivity index (χ4n) is 4.13. The molecule has 4 nitrogen and oxygen atoms in total. The van der Waals surface area contributed by atoms with E-state index < -0.39 is 0 Å². The third kappa shape index (κ3) is 2.10. The standard InChI is InChI=1S/C20H20N4/c1-3-7-17-15(5-1)13-16-6-2-4-8-18(16)24-12-11-23(14-19(17)24)20-21-9-10-22-20/h1-10,19H,11-14H2,(H,21,22). The van der Waals surface area contributed by atoms with Crippen LogP contribution in [-0.4, -0.2) is 29.6 Å². The summed E-state index contributed by atoms with van der Waals surface area (Å²) >= 11 is 0. The van der Waals surface area contributed by atoms with Gasteiger partial charge in [-0.2, -0.15) is 0 Å². The van der Waals surface area contributed by atoms with Gasteiger partial charge in [0.15, 0.2) is 0 Å². The van der Waals surface area contributed by atoms with Gasteiger partial charge in [0, 0.05) is 37.7 Å². The summed E-state index contributed by atoms with van der Waals surface area (Å²) in [4.78, 5) is 12.7. The second-order valence-electron chi connectivity index (χ2n) is 6.57. The summed E-state index contributed by atoms with van der Waals surface area (Å²) in [6.07, 6.45) is 4.75. The van der Waals surface area contributed by atoms with Gasteiger partial charge >= 0.3 is 0 Å². The number of piperazine rings is 1. The lowest BCUT2D eigenvalue weighted by Gasteiger charge is -2.43. The maximum atomic E-state index is 4.45. The van der Waals surface area contributed by atoms with Crippen LogP contribution in [0.5, 0.6) is 0 Å². The van der Waals surface area contributed by atoms with Gasteiger partial charge < -0.3 is 14.8 Å². The summed E-state index contributed by atoms with van der Waals surface area (Å²) in [5.41, 5.74) is 5.71. The summed E-state index contributed by atoms with van der Waals surface area (Å²) < 4.78 is 0. The predicted octanol–water partition coefficient (Wildman–Crippen LogP) is 3.38. The molecule has 0 amide bonds. The van der Waals surface area contributed by atoms with Gasteiger partial charge in [-0.1, -0.05) is 42.5 Å². The van der Waals surface area contributed by atoms with Crippen molar-refractivity contribution >= 4 is 11.6 Å². The molecule has 24 heavy (non-hydrogen) atoms. The minimum atomic E-state index is 0.365. The molecule has 120 valence electrons. The molecule has 0 bridgehead atoms. The average Bonchev–Trinajstić information content (AvgIpc) is 3.13. The minimum absolute atomic E-state index is 0.365. The van der Waals surface area contributed by atoms with Gasteiger partial charge in [0.05, 0.1) is 6.04 Å². The van der Waals surface area contributed by atoms with Crippen LogP contribution in [0.15, 0.2) is 60.9 Å². The molecule has 2 aromatic carbocycles. The van der Waals surface area contributed by atoms with E-state index in [-0.39, 0.29) is 0 Å². The number of nitrogens with one attached hydrogen (secondary N) is 1. The molecule has 4 heteroatoms. The van der Waals surface area contributed by atoms with Crippen LogP contribution in [0, 0.1) is 0 Å². The Balaban J connectivity index is 1.61. The maximum absolute atomic E-state index is 4.45. The first-order chi connectivity index (χ1) is 11.9. The van der Waals surface area contributed by atoms with Crippen molar-refractivity contribution in [1.82, 2.24) is 9.97 Å². The van der Waals surface area contributed by atoms with Crippen LogP contribution in [0.3, 0.4) is 0 Å². The Morgan fingerprint density at radius 3 is 2.67 bits per heavy atom. The molecular formula is C20H20N4. The fourth-order valence-corrected chi connectivity index (χ4v) is 4.13. The van der Waals surface area contributed by atoms with Crippen LogP contribution in [-0.2, 0) is 6.42 Å². The van der Waals surface area contributed by atoms with E-state index in [4.69, 9.17) is 0 Å². The number of rotatable bonds is 1. The lowest BCUT2D eigenvalue weighted by molar-refractivity contribution is 0.534. The third-order valence-corrected chi connectivity index (χ3v) is 5.26. The second kappa shape index (κ2) is 5.41. The molecule has 1 fully saturated rings. The molecule has 3 heterocycles. The van der Waals surface area contributed by atoms with Crippen LogP contribution in [0.4, 0.5) is 11.6 Å². The topological polar surface area (TPSA) is 35.2 Å². The van der Waals surface area contributed by atoms with Gasteiger partial charge in [-0.25, -0.2) is 4.98 Å². The zero-order chi connectivity index (χ0) is 15.9. The molecule has 0 aliphatic carbocycles. The normalized spacial score (nSPS) is 19.2. The van der Waals surface area contributed by atoms with E-state index in [2.05, 4.69) is 68.3 Å². The lowest BCUT2D eigenvalue weighted by Crippen LogP contribution is -2.49. The van der Waals surface area contributed by atoms with E-state index in [1.54, 1.807) is 0 Å². The summed E-state index contributed by atoms with van der Waals surface area (Å²) in [6, 6.07) is 18.1. The molecule has 2 aliphatic rings. The van der Waals surface area contributed by atoms with Crippen molar-refractivity contribution < 1.29 is 0 Å². The monoisotopic (exact) mass is 316 g/mol. The summed E-state index contributed by atoms with van der Waals surface area (Å²) in [5.74, 6) is 0.977. The quantitative estimate of drug-likeness (QED) is 0.747. The number of anilines is 2. The summed E-state index contributed by atoms with van der Waals surface area (Å²) in [6.45, 7) is 2.95. The molecule has 3 aromatic rings. The molecule has 1 saturated heterocycles. The molecule has 1 unspecified atom stereocenters. The highest BCUT2D eigenvalue weighted by Gasteiger charge is 2.33. The van der Waals surface area contributed by atoms with E-state index in [9.17, 15) is 0 Å². The van der Waals surface area contributed by atoms with Crippen molar-refractivity contribution in [1.29, 1.82) is 0 Å². The number of H-pyrrole nitrogens is 1. The molecule has 1 N–H and O–H groups in total. The number of fused-ring (bicyclic) bond motifs is 5. The predicted molar refractivity (Wildman–Crippen MR) is 96.6 cm³/mol. The van der Waals surface area contributed by atoms with Crippen molar-refractivity contribution in [2.45, 2.75) is 12.5 Å². The first kappa shape index (κ1) is 13.7. The number of benzene rings is 2. The van der Waals surface area contributed by atoms with Crippen molar-refractivity contribution in [3.63, 3.8) is 0 Å². The molecule has 1 aromatic heterocycles. The number of hydrogen-bond donors (Lipinski definition) is 1. The zero-order valence-corrected chi connectivity index (χ0v) is 13.5. The van der Waals surface area contributed by atoms with Crippen molar-refractivity contribution in [3.05, 3.63) is 77.6 Å². The number of nitrogens with zero attached hydrogens (tertiary/aromatic N) is 3. The van der Waals surface area contributed by atoms with Crippen LogP contribution in [0.25, 0.3) is 0 Å². The highest BCUT2D eigenvalue weighted by molar-refractivity contribution is 5.61. The number of para-hydroxylation sites is 1. The van der Waals surface area contributed by atoms with Gasteiger partial charge in [-0.05, 0) is 29.2 Å². The molecule has 2 aliphatic heterocycles. The molecule has 0 spiro atoms. The highest BCUT2D eigenvalue weighted by atomic mass is 15.3. The summed E-state index contributed by atoms with van der Waals surface area (Å²) in [7, 11) is 0. The Morgan fingerprint density at radius 1 is 0.958 bits per heavy atom. The first-order valence-corrected chi connectivity index (χ1v) is 8.57. The Bertz CT molecular complexity index is 856. The third-order valence-electron chi connectivity index (χ3n) is 5.26. The molecule has 0 saturated carbocycles. The van der Waals surface area contributed by atoms with E-state index in [0.29, 0.717) is 6.04 Å². The molecule has 0 radical (unpaired) electrons. The Kier molecular flexibility index (Phi) is 3.08. The van der Waals surface area contributed by atoms with Crippen molar-refractivity contribution in [2.24, 2.45) is 0 Å². The van der Waals surface area contributed by atoms with Crippen LogP contribution < -0.4 is 9.80 Å². The van der Waals surface area contributed by atoms with Gasteiger partial charge in [0.25, 0.3) is 0 Å². The molecule has 5 rings (SSSR count). The SMILES string of the molecule is c1ccc2c(c1)Cc1ccccc1N1CCN(c3ncc[nH]3)CC21. The molecule has 1 atom stereocenters. The average molecular weight is 316 g/mol. The fraction of sp³-hybridized carbons (Fsp3) is 0.250. The minimum Gasteiger partial charge on any atom is -0.361 e. The van der Waals surface area contributed by atoms with Gasteiger partial charge in [-0.15, -0.1) is 0 Å². The van der Waals surface area contributed by atoms with Gasteiger partial charge in [0.1, 0.15) is 0 Å². The number of imidazole rings is 1. The zero-order valence-electron chi connectivity index (χ0n) is 13.5. The van der Waals surface area contributed by atoms with Crippen molar-refractivity contribution in [2.75, 3.05) is 29.4 Å². The number of aromatic amines is 1. The van der Waals surface area contributed by atoms with E-state index in [0.717, 1.165) is 32.0 Å². The Morgan fingerprint density at radius 2 is 1.79 bits per heavy atom. The van der Waals surface area contributed by atoms with Gasteiger partial charge in [0.2, 0.25) is 5.95 Å². The van der Waals surface area contributed by atoms with E-state index in [1.165, 1.54) is 22.4 Å². The smallest absolute Gasteiger partial charge is 0.202 e. The second-order valence-corrected chi connectivity index (χ2v) is 6.57. The van der Waals surface area contributed by atoms with Gasteiger partial charge in [-0.3, -0.25) is 0 Å².